The molecule has 0 unspecified atom stereocenters. The van der Waals surface area contributed by atoms with E-state index in [9.17, 15) is 5.26 Å². The summed E-state index contributed by atoms with van der Waals surface area (Å²) in [6, 6.07) is 14.0. The van der Waals surface area contributed by atoms with Crippen LogP contribution in [-0.4, -0.2) is 4.98 Å². The second-order valence-corrected chi connectivity index (χ2v) is 5.89. The fraction of sp³-hybridized carbons (Fsp3) is 0.200. The number of oxazole rings is 1. The van der Waals surface area contributed by atoms with Crippen LogP contribution >= 0.6 is 0 Å². The fourth-order valence-electron chi connectivity index (χ4n) is 2.63. The quantitative estimate of drug-likeness (QED) is 0.621. The Balaban J connectivity index is 2.10. The minimum absolute atomic E-state index is 0.265. The molecule has 0 aliphatic heterocycles. The second-order valence-electron chi connectivity index (χ2n) is 5.89. The van der Waals surface area contributed by atoms with Gasteiger partial charge in [0, 0.05) is 11.1 Å². The first-order chi connectivity index (χ1) is 11.1. The molecule has 0 spiro atoms. The van der Waals surface area contributed by atoms with E-state index in [2.05, 4.69) is 43.6 Å². The molecule has 1 heterocycles. The highest BCUT2D eigenvalue weighted by Gasteiger charge is 2.15. The van der Waals surface area contributed by atoms with Crippen molar-refractivity contribution in [2.24, 2.45) is 0 Å². The zero-order valence-corrected chi connectivity index (χ0v) is 13.3. The number of fused-ring (bicyclic) bond motifs is 1. The smallest absolute Gasteiger partial charge is 0.227 e. The molecule has 0 fully saturated rings. The highest BCUT2D eigenvalue weighted by molar-refractivity contribution is 5.81. The number of rotatable bonds is 4. The van der Waals surface area contributed by atoms with Gasteiger partial charge in [-0.2, -0.15) is 5.26 Å². The maximum atomic E-state index is 9.19. The summed E-state index contributed by atoms with van der Waals surface area (Å²) in [4.78, 5) is 4.57. The van der Waals surface area contributed by atoms with Crippen LogP contribution in [0, 0.1) is 11.3 Å². The van der Waals surface area contributed by atoms with Gasteiger partial charge >= 0.3 is 0 Å². The number of nitrogens with zero attached hydrogens (tertiary/aromatic N) is 2. The molecule has 1 aromatic heterocycles. The van der Waals surface area contributed by atoms with Crippen LogP contribution in [-0.2, 0) is 6.42 Å². The van der Waals surface area contributed by atoms with Crippen molar-refractivity contribution in [2.75, 3.05) is 0 Å². The zero-order valence-electron chi connectivity index (χ0n) is 13.3. The van der Waals surface area contributed by atoms with Crippen LogP contribution in [0.15, 0.2) is 53.5 Å². The van der Waals surface area contributed by atoms with E-state index in [0.717, 1.165) is 28.6 Å². The van der Waals surface area contributed by atoms with Crippen molar-refractivity contribution in [3.63, 3.8) is 0 Å². The van der Waals surface area contributed by atoms with Crippen molar-refractivity contribution in [2.45, 2.75) is 26.2 Å². The predicted molar refractivity (Wildman–Crippen MR) is 92.2 cm³/mol. The normalized spacial score (nSPS) is 10.9. The minimum atomic E-state index is 0.265. The summed E-state index contributed by atoms with van der Waals surface area (Å²) in [5.41, 5.74) is 5.27. The summed E-state index contributed by atoms with van der Waals surface area (Å²) >= 11 is 0. The molecule has 0 atom stereocenters. The first kappa shape index (κ1) is 15.1. The van der Waals surface area contributed by atoms with Gasteiger partial charge in [-0.3, -0.25) is 0 Å². The van der Waals surface area contributed by atoms with Gasteiger partial charge in [-0.05, 0) is 42.2 Å². The summed E-state index contributed by atoms with van der Waals surface area (Å²) < 4.78 is 6.01. The number of aromatic nitrogens is 1. The van der Waals surface area contributed by atoms with Crippen LogP contribution in [0.1, 0.15) is 36.5 Å². The summed E-state index contributed by atoms with van der Waals surface area (Å²) in [6.07, 6.45) is 2.73. The van der Waals surface area contributed by atoms with Gasteiger partial charge in [-0.25, -0.2) is 4.98 Å². The fourth-order valence-corrected chi connectivity index (χ4v) is 2.63. The Morgan fingerprint density at radius 2 is 2.00 bits per heavy atom. The van der Waals surface area contributed by atoms with Crippen LogP contribution in [0.3, 0.4) is 0 Å². The van der Waals surface area contributed by atoms with Crippen molar-refractivity contribution in [3.8, 4) is 17.5 Å². The Morgan fingerprint density at radius 1 is 1.26 bits per heavy atom. The van der Waals surface area contributed by atoms with Gasteiger partial charge in [0.05, 0.1) is 11.6 Å². The van der Waals surface area contributed by atoms with Crippen molar-refractivity contribution < 1.29 is 4.42 Å². The third-order valence-electron chi connectivity index (χ3n) is 3.85. The lowest BCUT2D eigenvalue weighted by molar-refractivity contribution is 0.611. The van der Waals surface area contributed by atoms with Gasteiger partial charge < -0.3 is 4.42 Å². The molecular weight excluding hydrogens is 284 g/mol. The van der Waals surface area contributed by atoms with Gasteiger partial charge in [0.15, 0.2) is 5.58 Å². The van der Waals surface area contributed by atoms with Gasteiger partial charge in [-0.1, -0.05) is 32.1 Å². The molecule has 0 aliphatic carbocycles. The molecule has 0 N–H and O–H groups in total. The van der Waals surface area contributed by atoms with Crippen LogP contribution in [0.25, 0.3) is 22.6 Å². The lowest BCUT2D eigenvalue weighted by Crippen LogP contribution is -1.89. The molecule has 3 rings (SSSR count). The first-order valence-corrected chi connectivity index (χ1v) is 7.67. The molecule has 114 valence electrons. The molecule has 0 bridgehead atoms. The van der Waals surface area contributed by atoms with E-state index in [1.54, 1.807) is 6.07 Å². The van der Waals surface area contributed by atoms with E-state index in [1.165, 1.54) is 5.56 Å². The monoisotopic (exact) mass is 302 g/mol. The van der Waals surface area contributed by atoms with Crippen LogP contribution in [0.2, 0.25) is 0 Å². The van der Waals surface area contributed by atoms with Crippen LogP contribution < -0.4 is 0 Å². The summed E-state index contributed by atoms with van der Waals surface area (Å²) in [7, 11) is 0. The molecule has 2 aromatic carbocycles. The van der Waals surface area contributed by atoms with Crippen LogP contribution in [0.4, 0.5) is 0 Å². The zero-order chi connectivity index (χ0) is 16.4. The summed E-state index contributed by atoms with van der Waals surface area (Å²) in [6.45, 7) is 7.92. The number of hydrogen-bond acceptors (Lipinski definition) is 3. The van der Waals surface area contributed by atoms with Crippen molar-refractivity contribution in [1.82, 2.24) is 4.98 Å². The van der Waals surface area contributed by atoms with E-state index in [1.807, 2.05) is 24.3 Å². The average Bonchev–Trinajstić information content (AvgIpc) is 2.98. The van der Waals surface area contributed by atoms with E-state index < -0.39 is 0 Å². The third-order valence-corrected chi connectivity index (χ3v) is 3.85. The Morgan fingerprint density at radius 3 is 2.61 bits per heavy atom. The highest BCUT2D eigenvalue weighted by atomic mass is 16.3. The predicted octanol–water partition coefficient (Wildman–Crippen LogP) is 5.22. The van der Waals surface area contributed by atoms with E-state index in [-0.39, 0.29) is 5.92 Å². The Hall–Kier alpha value is -2.86. The molecule has 0 aliphatic rings. The van der Waals surface area contributed by atoms with Gasteiger partial charge in [0.2, 0.25) is 5.89 Å². The topological polar surface area (TPSA) is 49.8 Å². The van der Waals surface area contributed by atoms with E-state index in [0.29, 0.717) is 11.5 Å². The standard InChI is InChI=1S/C20H18N2O/c1-4-5-14-6-8-16(9-7-14)20-22-18-11-15(12-21)10-17(13(2)3)19(18)23-20/h4,6-11,13H,1,5H2,2-3H3. The second kappa shape index (κ2) is 6.10. The lowest BCUT2D eigenvalue weighted by Gasteiger charge is -2.05. The van der Waals surface area contributed by atoms with Gasteiger partial charge in [0.1, 0.15) is 5.52 Å². The summed E-state index contributed by atoms with van der Waals surface area (Å²) in [5, 5.41) is 9.19. The molecular formula is C20H18N2O. The van der Waals surface area contributed by atoms with E-state index in [4.69, 9.17) is 4.42 Å². The molecule has 0 saturated heterocycles. The maximum absolute atomic E-state index is 9.19. The molecule has 3 nitrogen and oxygen atoms in total. The van der Waals surface area contributed by atoms with Gasteiger partial charge in [0.25, 0.3) is 0 Å². The van der Waals surface area contributed by atoms with Crippen molar-refractivity contribution in [3.05, 3.63) is 65.7 Å². The maximum Gasteiger partial charge on any atom is 0.227 e. The Labute approximate surface area is 135 Å². The van der Waals surface area contributed by atoms with E-state index >= 15 is 0 Å². The molecule has 23 heavy (non-hydrogen) atoms. The Bertz CT molecular complexity index is 896. The summed E-state index contributed by atoms with van der Waals surface area (Å²) in [5.74, 6) is 0.851. The number of benzene rings is 2. The molecule has 3 aromatic rings. The number of hydrogen-bond donors (Lipinski definition) is 0. The Kier molecular flexibility index (Phi) is 3.99. The van der Waals surface area contributed by atoms with Gasteiger partial charge in [-0.15, -0.1) is 6.58 Å². The number of allylic oxidation sites excluding steroid dienone is 1. The van der Waals surface area contributed by atoms with Crippen molar-refractivity contribution in [1.29, 1.82) is 5.26 Å². The molecule has 0 amide bonds. The molecule has 3 heteroatoms. The van der Waals surface area contributed by atoms with Crippen LogP contribution in [0.5, 0.6) is 0 Å². The SMILES string of the molecule is C=CCc1ccc(-c2nc3cc(C#N)cc(C(C)C)c3o2)cc1. The minimum Gasteiger partial charge on any atom is -0.436 e. The first-order valence-electron chi connectivity index (χ1n) is 7.67. The number of nitriles is 1. The molecule has 0 radical (unpaired) electrons. The highest BCUT2D eigenvalue weighted by Crippen LogP contribution is 2.31. The average molecular weight is 302 g/mol. The largest absolute Gasteiger partial charge is 0.436 e. The van der Waals surface area contributed by atoms with Crippen molar-refractivity contribution >= 4 is 11.1 Å². The lowest BCUT2D eigenvalue weighted by atomic mass is 10.00. The molecule has 0 saturated carbocycles. The third kappa shape index (κ3) is 2.89.